The van der Waals surface area contributed by atoms with Crippen molar-refractivity contribution in [2.24, 2.45) is 0 Å². The van der Waals surface area contributed by atoms with E-state index in [-0.39, 0.29) is 5.91 Å². The van der Waals surface area contributed by atoms with Gasteiger partial charge in [0, 0.05) is 37.2 Å². The van der Waals surface area contributed by atoms with Crippen molar-refractivity contribution in [2.45, 2.75) is 20.3 Å². The number of aryl methyl sites for hydroxylation is 2. The predicted molar refractivity (Wildman–Crippen MR) is 133 cm³/mol. The number of rotatable bonds is 8. The zero-order valence-electron chi connectivity index (χ0n) is 19.3. The number of nitriles is 2. The number of hydrogen-bond acceptors (Lipinski definition) is 7. The van der Waals surface area contributed by atoms with Crippen LogP contribution in [0.2, 0.25) is 0 Å². The van der Waals surface area contributed by atoms with Gasteiger partial charge in [0.05, 0.1) is 24.1 Å². The summed E-state index contributed by atoms with van der Waals surface area (Å²) in [6, 6.07) is 17.0. The van der Waals surface area contributed by atoms with Crippen LogP contribution in [0.1, 0.15) is 28.7 Å². The standard InChI is InChI=1S/C26H25N7O/c1-18-15-21(7-10-24(34)33(3)14-4-12-27)16-19(2)25(18)31-23-11-13-29-26(32-23)30-22-8-5-20(17-28)6-9-22/h5-11,13,15-16H,4,14H2,1-3H3,(H2,29,30,31,32)/b10-7+. The van der Waals surface area contributed by atoms with Crippen LogP contribution in [0.4, 0.5) is 23.1 Å². The third kappa shape index (κ3) is 6.41. The van der Waals surface area contributed by atoms with Gasteiger partial charge in [-0.25, -0.2) is 4.98 Å². The van der Waals surface area contributed by atoms with E-state index in [1.54, 1.807) is 49.7 Å². The molecule has 0 saturated carbocycles. The maximum atomic E-state index is 12.2. The lowest BCUT2D eigenvalue weighted by atomic mass is 10.0. The Hall–Kier alpha value is -4.69. The first-order chi connectivity index (χ1) is 16.4. The first-order valence-corrected chi connectivity index (χ1v) is 10.7. The summed E-state index contributed by atoms with van der Waals surface area (Å²) in [6.07, 6.45) is 5.27. The van der Waals surface area contributed by atoms with Crippen molar-refractivity contribution < 1.29 is 4.79 Å². The van der Waals surface area contributed by atoms with Gasteiger partial charge in [0.1, 0.15) is 5.82 Å². The van der Waals surface area contributed by atoms with Crippen molar-refractivity contribution in [1.29, 1.82) is 10.5 Å². The van der Waals surface area contributed by atoms with E-state index in [0.29, 0.717) is 30.3 Å². The predicted octanol–water partition coefficient (Wildman–Crippen LogP) is 4.84. The van der Waals surface area contributed by atoms with Crippen LogP contribution in [-0.2, 0) is 4.79 Å². The maximum absolute atomic E-state index is 12.2. The van der Waals surface area contributed by atoms with E-state index >= 15 is 0 Å². The summed E-state index contributed by atoms with van der Waals surface area (Å²) in [5.74, 6) is 0.926. The van der Waals surface area contributed by atoms with Gasteiger partial charge in [-0.3, -0.25) is 4.79 Å². The quantitative estimate of drug-likeness (QED) is 0.471. The van der Waals surface area contributed by atoms with Gasteiger partial charge in [-0.1, -0.05) is 0 Å². The van der Waals surface area contributed by atoms with Gasteiger partial charge in [-0.05, 0) is 79.1 Å². The second-order valence-corrected chi connectivity index (χ2v) is 7.74. The molecule has 0 aliphatic carbocycles. The van der Waals surface area contributed by atoms with Crippen LogP contribution < -0.4 is 10.6 Å². The minimum atomic E-state index is -0.143. The van der Waals surface area contributed by atoms with E-state index in [1.807, 2.05) is 32.0 Å². The fourth-order valence-corrected chi connectivity index (χ4v) is 3.29. The Morgan fingerprint density at radius 1 is 1.09 bits per heavy atom. The number of carbonyl (C=O) groups is 1. The molecule has 0 spiro atoms. The van der Waals surface area contributed by atoms with Gasteiger partial charge in [0.25, 0.3) is 0 Å². The van der Waals surface area contributed by atoms with E-state index in [2.05, 4.69) is 26.7 Å². The molecule has 8 nitrogen and oxygen atoms in total. The van der Waals surface area contributed by atoms with Gasteiger partial charge in [0.15, 0.2) is 0 Å². The normalized spacial score (nSPS) is 10.4. The van der Waals surface area contributed by atoms with Crippen LogP contribution in [0.25, 0.3) is 6.08 Å². The molecule has 3 aromatic rings. The molecule has 0 aliphatic heterocycles. The zero-order chi connectivity index (χ0) is 24.5. The second-order valence-electron chi connectivity index (χ2n) is 7.74. The minimum Gasteiger partial charge on any atom is -0.341 e. The van der Waals surface area contributed by atoms with Crippen molar-refractivity contribution in [3.05, 3.63) is 77.0 Å². The maximum Gasteiger partial charge on any atom is 0.246 e. The monoisotopic (exact) mass is 451 g/mol. The Labute approximate surface area is 199 Å². The van der Waals surface area contributed by atoms with Gasteiger partial charge < -0.3 is 15.5 Å². The summed E-state index contributed by atoms with van der Waals surface area (Å²) < 4.78 is 0. The molecule has 8 heteroatoms. The molecular formula is C26H25N7O. The lowest BCUT2D eigenvalue weighted by molar-refractivity contribution is -0.124. The Balaban J connectivity index is 1.72. The molecule has 0 bridgehead atoms. The van der Waals surface area contributed by atoms with E-state index in [1.165, 1.54) is 11.0 Å². The summed E-state index contributed by atoms with van der Waals surface area (Å²) in [4.78, 5) is 22.5. The molecule has 3 rings (SSSR count). The Morgan fingerprint density at radius 2 is 1.79 bits per heavy atom. The molecule has 0 atom stereocenters. The van der Waals surface area contributed by atoms with Gasteiger partial charge in [-0.15, -0.1) is 0 Å². The molecule has 34 heavy (non-hydrogen) atoms. The van der Waals surface area contributed by atoms with Crippen LogP contribution >= 0.6 is 0 Å². The van der Waals surface area contributed by atoms with Gasteiger partial charge in [0.2, 0.25) is 11.9 Å². The van der Waals surface area contributed by atoms with Crippen molar-refractivity contribution >= 4 is 35.1 Å². The smallest absolute Gasteiger partial charge is 0.246 e. The van der Waals surface area contributed by atoms with Crippen LogP contribution in [0, 0.1) is 36.5 Å². The fourth-order valence-electron chi connectivity index (χ4n) is 3.29. The molecule has 2 N–H and O–H groups in total. The Kier molecular flexibility index (Phi) is 7.93. The summed E-state index contributed by atoms with van der Waals surface area (Å²) in [7, 11) is 1.68. The molecule has 0 unspecified atom stereocenters. The van der Waals surface area contributed by atoms with Gasteiger partial charge >= 0.3 is 0 Å². The molecule has 1 aromatic heterocycles. The summed E-state index contributed by atoms with van der Waals surface area (Å²) in [6.45, 7) is 4.39. The second kappa shape index (κ2) is 11.3. The molecule has 0 fully saturated rings. The highest BCUT2D eigenvalue weighted by atomic mass is 16.2. The van der Waals surface area contributed by atoms with E-state index < -0.39 is 0 Å². The zero-order valence-corrected chi connectivity index (χ0v) is 19.3. The SMILES string of the molecule is Cc1cc(/C=C/C(=O)N(C)CCC#N)cc(C)c1Nc1ccnc(Nc2ccc(C#N)cc2)n1. The molecule has 1 heterocycles. The Bertz CT molecular complexity index is 1260. The molecule has 0 aliphatic rings. The van der Waals surface area contributed by atoms with Gasteiger partial charge in [-0.2, -0.15) is 15.5 Å². The van der Waals surface area contributed by atoms with Crippen molar-refractivity contribution in [3.63, 3.8) is 0 Å². The number of aromatic nitrogens is 2. The third-order valence-corrected chi connectivity index (χ3v) is 5.09. The van der Waals surface area contributed by atoms with E-state index in [9.17, 15) is 4.79 Å². The lowest BCUT2D eigenvalue weighted by Crippen LogP contribution is -2.25. The Morgan fingerprint density at radius 3 is 2.44 bits per heavy atom. The fraction of sp³-hybridized carbons (Fsp3) is 0.192. The number of anilines is 4. The number of hydrogen-bond donors (Lipinski definition) is 2. The van der Waals surface area contributed by atoms with E-state index in [0.717, 1.165) is 28.1 Å². The number of nitrogens with zero attached hydrogens (tertiary/aromatic N) is 5. The first kappa shape index (κ1) is 24.0. The van der Waals surface area contributed by atoms with Crippen LogP contribution in [0.5, 0.6) is 0 Å². The highest BCUT2D eigenvalue weighted by Crippen LogP contribution is 2.26. The molecule has 1 amide bonds. The highest BCUT2D eigenvalue weighted by Gasteiger charge is 2.08. The van der Waals surface area contributed by atoms with Crippen molar-refractivity contribution in [2.75, 3.05) is 24.2 Å². The van der Waals surface area contributed by atoms with Crippen LogP contribution in [-0.4, -0.2) is 34.4 Å². The highest BCUT2D eigenvalue weighted by molar-refractivity contribution is 5.91. The largest absolute Gasteiger partial charge is 0.341 e. The summed E-state index contributed by atoms with van der Waals surface area (Å²) >= 11 is 0. The summed E-state index contributed by atoms with van der Waals surface area (Å²) in [5.41, 5.74) is 5.22. The molecular weight excluding hydrogens is 426 g/mol. The number of amides is 1. The molecule has 0 radical (unpaired) electrons. The number of benzene rings is 2. The van der Waals surface area contributed by atoms with Crippen molar-refractivity contribution in [1.82, 2.24) is 14.9 Å². The average molecular weight is 452 g/mol. The van der Waals surface area contributed by atoms with Crippen LogP contribution in [0.15, 0.2) is 54.7 Å². The average Bonchev–Trinajstić information content (AvgIpc) is 2.84. The topological polar surface area (TPSA) is 118 Å². The van der Waals surface area contributed by atoms with Crippen LogP contribution in [0.3, 0.4) is 0 Å². The van der Waals surface area contributed by atoms with E-state index in [4.69, 9.17) is 10.5 Å². The summed E-state index contributed by atoms with van der Waals surface area (Å²) in [5, 5.41) is 24.1. The molecule has 170 valence electrons. The number of likely N-dealkylation sites (N-methyl/N-ethyl adjacent to an activating group) is 1. The first-order valence-electron chi connectivity index (χ1n) is 10.7. The molecule has 0 saturated heterocycles. The lowest BCUT2D eigenvalue weighted by Gasteiger charge is -2.15. The molecule has 2 aromatic carbocycles. The minimum absolute atomic E-state index is 0.143. The van der Waals surface area contributed by atoms with Crippen molar-refractivity contribution in [3.8, 4) is 12.1 Å². The third-order valence-electron chi connectivity index (χ3n) is 5.09. The number of carbonyl (C=O) groups excluding carboxylic acids is 1. The number of nitrogens with one attached hydrogen (secondary N) is 2.